The lowest BCUT2D eigenvalue weighted by Crippen LogP contribution is -1.94. The van der Waals surface area contributed by atoms with Crippen LogP contribution in [0.2, 0.25) is 0 Å². The Hall–Kier alpha value is -2.64. The summed E-state index contributed by atoms with van der Waals surface area (Å²) in [6, 6.07) is 15.0. The third kappa shape index (κ3) is 3.41. The maximum atomic E-state index is 10.5. The van der Waals surface area contributed by atoms with Crippen molar-refractivity contribution in [1.29, 1.82) is 0 Å². The zero-order valence-electron chi connectivity index (χ0n) is 9.98. The average Bonchev–Trinajstić information content (AvgIpc) is 2.46. The van der Waals surface area contributed by atoms with Crippen LogP contribution in [0.5, 0.6) is 0 Å². The van der Waals surface area contributed by atoms with E-state index in [9.17, 15) is 15.2 Å². The van der Waals surface area contributed by atoms with Gasteiger partial charge in [0.1, 0.15) is 6.10 Å². The van der Waals surface area contributed by atoms with Gasteiger partial charge in [0.25, 0.3) is 5.69 Å². The van der Waals surface area contributed by atoms with E-state index >= 15 is 0 Å². The molecule has 1 unspecified atom stereocenters. The standard InChI is InChI=1S/C15H11NO3/c17-15(11-6-12-4-2-1-3-5-12)13-7-9-14(10-8-13)16(18)19/h1-5,7-10,15,17H. The normalized spacial score (nSPS) is 11.2. The number of hydrogen-bond acceptors (Lipinski definition) is 3. The first kappa shape index (κ1) is 12.8. The zero-order chi connectivity index (χ0) is 13.7. The van der Waals surface area contributed by atoms with Crippen LogP contribution in [0.25, 0.3) is 0 Å². The lowest BCUT2D eigenvalue weighted by Gasteiger charge is -2.02. The number of nitro benzene ring substituents is 1. The van der Waals surface area contributed by atoms with E-state index in [2.05, 4.69) is 11.8 Å². The molecule has 2 aromatic rings. The quantitative estimate of drug-likeness (QED) is 0.508. The van der Waals surface area contributed by atoms with E-state index in [1.54, 1.807) is 0 Å². The molecule has 94 valence electrons. The van der Waals surface area contributed by atoms with E-state index in [-0.39, 0.29) is 5.69 Å². The van der Waals surface area contributed by atoms with Crippen LogP contribution in [0.1, 0.15) is 17.2 Å². The van der Waals surface area contributed by atoms with Crippen LogP contribution in [-0.4, -0.2) is 10.0 Å². The van der Waals surface area contributed by atoms with Crippen LogP contribution in [0.15, 0.2) is 54.6 Å². The van der Waals surface area contributed by atoms with Crippen molar-refractivity contribution in [2.75, 3.05) is 0 Å². The molecule has 0 aliphatic carbocycles. The topological polar surface area (TPSA) is 63.4 Å². The second-order valence-electron chi connectivity index (χ2n) is 3.89. The number of nitrogens with zero attached hydrogens (tertiary/aromatic N) is 1. The van der Waals surface area contributed by atoms with Gasteiger partial charge in [0, 0.05) is 17.7 Å². The fraction of sp³-hybridized carbons (Fsp3) is 0.0667. The lowest BCUT2D eigenvalue weighted by molar-refractivity contribution is -0.384. The third-order valence-electron chi connectivity index (χ3n) is 2.55. The fourth-order valence-electron chi connectivity index (χ4n) is 1.53. The van der Waals surface area contributed by atoms with Crippen LogP contribution in [0, 0.1) is 22.0 Å². The molecule has 0 bridgehead atoms. The van der Waals surface area contributed by atoms with Crippen molar-refractivity contribution in [3.63, 3.8) is 0 Å². The summed E-state index contributed by atoms with van der Waals surface area (Å²) in [7, 11) is 0. The van der Waals surface area contributed by atoms with Gasteiger partial charge in [-0.1, -0.05) is 30.0 Å². The smallest absolute Gasteiger partial charge is 0.269 e. The van der Waals surface area contributed by atoms with Crippen LogP contribution >= 0.6 is 0 Å². The van der Waals surface area contributed by atoms with Crippen LogP contribution in [-0.2, 0) is 0 Å². The van der Waals surface area contributed by atoms with Gasteiger partial charge in [-0.05, 0) is 29.8 Å². The first-order valence-electron chi connectivity index (χ1n) is 5.66. The Morgan fingerprint density at radius 1 is 1.05 bits per heavy atom. The molecule has 2 aromatic carbocycles. The third-order valence-corrected chi connectivity index (χ3v) is 2.55. The minimum atomic E-state index is -0.957. The van der Waals surface area contributed by atoms with Gasteiger partial charge >= 0.3 is 0 Å². The van der Waals surface area contributed by atoms with Gasteiger partial charge in [-0.2, -0.15) is 0 Å². The number of benzene rings is 2. The maximum Gasteiger partial charge on any atom is 0.269 e. The fourth-order valence-corrected chi connectivity index (χ4v) is 1.53. The summed E-state index contributed by atoms with van der Waals surface area (Å²) in [6.07, 6.45) is -0.957. The number of aliphatic hydroxyl groups excluding tert-OH is 1. The van der Waals surface area contributed by atoms with Gasteiger partial charge in [-0.15, -0.1) is 0 Å². The molecule has 0 fully saturated rings. The van der Waals surface area contributed by atoms with Gasteiger partial charge in [0.15, 0.2) is 0 Å². The highest BCUT2D eigenvalue weighted by molar-refractivity contribution is 5.39. The van der Waals surface area contributed by atoms with Crippen molar-refractivity contribution in [1.82, 2.24) is 0 Å². The average molecular weight is 253 g/mol. The Labute approximate surface area is 110 Å². The van der Waals surface area contributed by atoms with Crippen LogP contribution in [0.4, 0.5) is 5.69 Å². The summed E-state index contributed by atoms with van der Waals surface area (Å²) in [4.78, 5) is 10.0. The Balaban J connectivity index is 2.14. The highest BCUT2D eigenvalue weighted by Gasteiger charge is 2.07. The maximum absolute atomic E-state index is 10.5. The van der Waals surface area contributed by atoms with Crippen molar-refractivity contribution < 1.29 is 10.0 Å². The van der Waals surface area contributed by atoms with Crippen molar-refractivity contribution in [3.05, 3.63) is 75.8 Å². The predicted molar refractivity (Wildman–Crippen MR) is 71.4 cm³/mol. The molecule has 0 aromatic heterocycles. The Kier molecular flexibility index (Phi) is 3.91. The van der Waals surface area contributed by atoms with E-state index in [1.807, 2.05) is 30.3 Å². The minimum absolute atomic E-state index is 0.00744. The highest BCUT2D eigenvalue weighted by atomic mass is 16.6. The van der Waals surface area contributed by atoms with Crippen LogP contribution < -0.4 is 0 Å². The van der Waals surface area contributed by atoms with E-state index in [4.69, 9.17) is 0 Å². The SMILES string of the molecule is O=[N+]([O-])c1ccc(C(O)C#Cc2ccccc2)cc1. The Bertz CT molecular complexity index is 624. The molecule has 1 N–H and O–H groups in total. The number of aliphatic hydroxyl groups is 1. The second kappa shape index (κ2) is 5.80. The summed E-state index contributed by atoms with van der Waals surface area (Å²) in [5.74, 6) is 5.55. The minimum Gasteiger partial charge on any atom is -0.376 e. The molecule has 2 rings (SSSR count). The van der Waals surface area contributed by atoms with Crippen molar-refractivity contribution in [2.24, 2.45) is 0 Å². The molecule has 0 aliphatic rings. The van der Waals surface area contributed by atoms with Gasteiger partial charge < -0.3 is 5.11 Å². The molecule has 1 atom stereocenters. The number of nitro groups is 1. The summed E-state index contributed by atoms with van der Waals surface area (Å²) < 4.78 is 0. The number of rotatable bonds is 2. The van der Waals surface area contributed by atoms with E-state index in [1.165, 1.54) is 24.3 Å². The van der Waals surface area contributed by atoms with Gasteiger partial charge in [-0.25, -0.2) is 0 Å². The largest absolute Gasteiger partial charge is 0.376 e. The van der Waals surface area contributed by atoms with E-state index < -0.39 is 11.0 Å². The molecule has 0 spiro atoms. The number of hydrogen-bond donors (Lipinski definition) is 1. The molecule has 0 saturated heterocycles. The van der Waals surface area contributed by atoms with E-state index in [0.717, 1.165) is 5.56 Å². The monoisotopic (exact) mass is 253 g/mol. The molecule has 0 heterocycles. The van der Waals surface area contributed by atoms with Gasteiger partial charge in [0.05, 0.1) is 4.92 Å². The molecular formula is C15H11NO3. The molecule has 0 amide bonds. The molecule has 0 aliphatic heterocycles. The van der Waals surface area contributed by atoms with Crippen molar-refractivity contribution >= 4 is 5.69 Å². The molecule has 4 heteroatoms. The van der Waals surface area contributed by atoms with Crippen LogP contribution in [0.3, 0.4) is 0 Å². The second-order valence-corrected chi connectivity index (χ2v) is 3.89. The van der Waals surface area contributed by atoms with E-state index in [0.29, 0.717) is 5.56 Å². The first-order chi connectivity index (χ1) is 9.16. The summed E-state index contributed by atoms with van der Waals surface area (Å²) in [5, 5.41) is 20.4. The van der Waals surface area contributed by atoms with Crippen molar-refractivity contribution in [2.45, 2.75) is 6.10 Å². The first-order valence-corrected chi connectivity index (χ1v) is 5.66. The Morgan fingerprint density at radius 2 is 1.68 bits per heavy atom. The summed E-state index contributed by atoms with van der Waals surface area (Å²) in [6.45, 7) is 0. The van der Waals surface area contributed by atoms with Gasteiger partial charge in [0.2, 0.25) is 0 Å². The predicted octanol–water partition coefficient (Wildman–Crippen LogP) is 2.68. The lowest BCUT2D eigenvalue weighted by atomic mass is 10.1. The molecule has 0 saturated carbocycles. The van der Waals surface area contributed by atoms with Gasteiger partial charge in [-0.3, -0.25) is 10.1 Å². The van der Waals surface area contributed by atoms with Crippen molar-refractivity contribution in [3.8, 4) is 11.8 Å². The molecule has 19 heavy (non-hydrogen) atoms. The summed E-state index contributed by atoms with van der Waals surface area (Å²) in [5.41, 5.74) is 1.34. The molecular weight excluding hydrogens is 242 g/mol. The molecule has 4 nitrogen and oxygen atoms in total. The zero-order valence-corrected chi connectivity index (χ0v) is 9.98. The molecule has 0 radical (unpaired) electrons. The highest BCUT2D eigenvalue weighted by Crippen LogP contribution is 2.17. The Morgan fingerprint density at radius 3 is 2.26 bits per heavy atom. The summed E-state index contributed by atoms with van der Waals surface area (Å²) >= 11 is 0. The number of non-ortho nitro benzene ring substituents is 1.